The fraction of sp³-hybridized carbons (Fsp3) is 0.308. The molecule has 0 radical (unpaired) electrons. The molecule has 0 bridgehead atoms. The molecule has 0 aliphatic carbocycles. The van der Waals surface area contributed by atoms with E-state index in [0.717, 1.165) is 17.9 Å². The summed E-state index contributed by atoms with van der Waals surface area (Å²) < 4.78 is 7.53. The minimum Gasteiger partial charge on any atom is -0.487 e. The minimum absolute atomic E-state index is 0.526. The van der Waals surface area contributed by atoms with Crippen molar-refractivity contribution in [1.82, 2.24) is 9.78 Å². The van der Waals surface area contributed by atoms with Crippen LogP contribution in [0.15, 0.2) is 36.5 Å². The molecule has 1 aromatic carbocycles. The summed E-state index contributed by atoms with van der Waals surface area (Å²) in [5.41, 5.74) is 2.19. The van der Waals surface area contributed by atoms with Gasteiger partial charge in [-0.3, -0.25) is 4.68 Å². The van der Waals surface area contributed by atoms with Crippen molar-refractivity contribution in [3.8, 4) is 5.75 Å². The zero-order valence-electron chi connectivity index (χ0n) is 9.68. The highest BCUT2D eigenvalue weighted by atomic mass is 16.5. The molecular weight excluding hydrogens is 200 g/mol. The summed E-state index contributed by atoms with van der Waals surface area (Å²) in [4.78, 5) is 0. The molecule has 0 atom stereocenters. The van der Waals surface area contributed by atoms with Crippen LogP contribution >= 0.6 is 0 Å². The number of aromatic nitrogens is 2. The van der Waals surface area contributed by atoms with Gasteiger partial charge in [0.05, 0.1) is 5.69 Å². The first-order valence-electron chi connectivity index (χ1n) is 5.49. The average molecular weight is 216 g/mol. The first kappa shape index (κ1) is 10.7. The lowest BCUT2D eigenvalue weighted by Gasteiger charge is -2.08. The number of hydrogen-bond donors (Lipinski definition) is 0. The fourth-order valence-corrected chi connectivity index (χ4v) is 1.63. The van der Waals surface area contributed by atoms with Crippen molar-refractivity contribution in [2.24, 2.45) is 7.05 Å². The van der Waals surface area contributed by atoms with Crippen LogP contribution in [0.25, 0.3) is 0 Å². The molecule has 3 heteroatoms. The molecule has 16 heavy (non-hydrogen) atoms. The Balaban J connectivity index is 2.04. The first-order valence-corrected chi connectivity index (χ1v) is 5.49. The van der Waals surface area contributed by atoms with Crippen LogP contribution in [0.3, 0.4) is 0 Å². The van der Waals surface area contributed by atoms with Gasteiger partial charge < -0.3 is 4.74 Å². The Morgan fingerprint density at radius 3 is 2.75 bits per heavy atom. The molecule has 1 heterocycles. The van der Waals surface area contributed by atoms with Crippen LogP contribution in [0, 0.1) is 0 Å². The maximum Gasteiger partial charge on any atom is 0.132 e. The van der Waals surface area contributed by atoms with Gasteiger partial charge in [0.2, 0.25) is 0 Å². The normalized spacial score (nSPS) is 10.4. The van der Waals surface area contributed by atoms with Gasteiger partial charge in [0.1, 0.15) is 12.4 Å². The highest BCUT2D eigenvalue weighted by molar-refractivity contribution is 5.33. The van der Waals surface area contributed by atoms with E-state index in [2.05, 4.69) is 18.1 Å². The Labute approximate surface area is 95.7 Å². The maximum absolute atomic E-state index is 5.75. The van der Waals surface area contributed by atoms with Gasteiger partial charge in [-0.25, -0.2) is 0 Å². The molecule has 1 aromatic heterocycles. The Morgan fingerprint density at radius 2 is 2.06 bits per heavy atom. The van der Waals surface area contributed by atoms with Crippen molar-refractivity contribution >= 4 is 0 Å². The van der Waals surface area contributed by atoms with E-state index in [4.69, 9.17) is 4.74 Å². The van der Waals surface area contributed by atoms with Gasteiger partial charge in [-0.1, -0.05) is 25.1 Å². The lowest BCUT2D eigenvalue weighted by atomic mass is 10.1. The smallest absolute Gasteiger partial charge is 0.132 e. The topological polar surface area (TPSA) is 27.1 Å². The lowest BCUT2D eigenvalue weighted by Crippen LogP contribution is -1.99. The minimum atomic E-state index is 0.526. The average Bonchev–Trinajstić information content (AvgIpc) is 2.73. The summed E-state index contributed by atoms with van der Waals surface area (Å²) in [7, 11) is 1.91. The summed E-state index contributed by atoms with van der Waals surface area (Å²) in [5.74, 6) is 0.954. The molecule has 0 aliphatic heterocycles. The van der Waals surface area contributed by atoms with Crippen molar-refractivity contribution in [1.29, 1.82) is 0 Å². The van der Waals surface area contributed by atoms with Crippen molar-refractivity contribution < 1.29 is 4.74 Å². The van der Waals surface area contributed by atoms with Gasteiger partial charge in [0, 0.05) is 13.2 Å². The lowest BCUT2D eigenvalue weighted by molar-refractivity contribution is 0.297. The first-order chi connectivity index (χ1) is 7.79. The molecule has 0 saturated carbocycles. The fourth-order valence-electron chi connectivity index (χ4n) is 1.63. The summed E-state index contributed by atoms with van der Waals surface area (Å²) >= 11 is 0. The molecule has 0 saturated heterocycles. The van der Waals surface area contributed by atoms with Crippen LogP contribution in [-0.2, 0) is 20.1 Å². The van der Waals surface area contributed by atoms with E-state index in [9.17, 15) is 0 Å². The highest BCUT2D eigenvalue weighted by Crippen LogP contribution is 2.19. The van der Waals surface area contributed by atoms with Crippen molar-refractivity contribution in [2.75, 3.05) is 0 Å². The quantitative estimate of drug-likeness (QED) is 0.785. The van der Waals surface area contributed by atoms with E-state index in [1.807, 2.05) is 37.5 Å². The van der Waals surface area contributed by atoms with Gasteiger partial charge in [-0.05, 0) is 24.1 Å². The van der Waals surface area contributed by atoms with Crippen molar-refractivity contribution in [2.45, 2.75) is 20.0 Å². The van der Waals surface area contributed by atoms with Crippen LogP contribution in [0.4, 0.5) is 0 Å². The number of benzene rings is 1. The molecule has 2 aromatic rings. The standard InChI is InChI=1S/C13H16N2O/c1-3-11-6-4-5-7-13(11)16-10-12-8-9-15(2)14-12/h4-9H,3,10H2,1-2H3. The Kier molecular flexibility index (Phi) is 3.25. The molecule has 0 N–H and O–H groups in total. The molecule has 0 fully saturated rings. The largest absolute Gasteiger partial charge is 0.487 e. The number of nitrogens with zero attached hydrogens (tertiary/aromatic N) is 2. The molecule has 0 aliphatic rings. The molecule has 2 rings (SSSR count). The van der Waals surface area contributed by atoms with E-state index >= 15 is 0 Å². The molecule has 3 nitrogen and oxygen atoms in total. The molecule has 84 valence electrons. The van der Waals surface area contributed by atoms with E-state index in [1.165, 1.54) is 5.56 Å². The van der Waals surface area contributed by atoms with Crippen LogP contribution in [0.5, 0.6) is 5.75 Å². The second-order valence-corrected chi connectivity index (χ2v) is 3.73. The molecule has 0 unspecified atom stereocenters. The number of rotatable bonds is 4. The second-order valence-electron chi connectivity index (χ2n) is 3.73. The van der Waals surface area contributed by atoms with Crippen LogP contribution in [-0.4, -0.2) is 9.78 Å². The molecule has 0 spiro atoms. The Hall–Kier alpha value is -1.77. The zero-order valence-corrected chi connectivity index (χ0v) is 9.68. The summed E-state index contributed by atoms with van der Waals surface area (Å²) in [6.45, 7) is 2.65. The van der Waals surface area contributed by atoms with E-state index < -0.39 is 0 Å². The number of ether oxygens (including phenoxy) is 1. The monoisotopic (exact) mass is 216 g/mol. The summed E-state index contributed by atoms with van der Waals surface area (Å²) in [6, 6.07) is 10.1. The third kappa shape index (κ3) is 2.42. The van der Waals surface area contributed by atoms with Gasteiger partial charge >= 0.3 is 0 Å². The van der Waals surface area contributed by atoms with Crippen molar-refractivity contribution in [3.05, 3.63) is 47.8 Å². The van der Waals surface area contributed by atoms with Gasteiger partial charge in [0.25, 0.3) is 0 Å². The Morgan fingerprint density at radius 1 is 1.25 bits per heavy atom. The van der Waals surface area contributed by atoms with Gasteiger partial charge in [0.15, 0.2) is 0 Å². The van der Waals surface area contributed by atoms with Gasteiger partial charge in [-0.15, -0.1) is 0 Å². The molecular formula is C13H16N2O. The van der Waals surface area contributed by atoms with Crippen LogP contribution in [0.1, 0.15) is 18.2 Å². The van der Waals surface area contributed by atoms with E-state index in [-0.39, 0.29) is 0 Å². The van der Waals surface area contributed by atoms with Crippen molar-refractivity contribution in [3.63, 3.8) is 0 Å². The maximum atomic E-state index is 5.75. The molecule has 0 amide bonds. The predicted octanol–water partition coefficient (Wildman–Crippen LogP) is 2.56. The number of hydrogen-bond acceptors (Lipinski definition) is 2. The van der Waals surface area contributed by atoms with E-state index in [0.29, 0.717) is 6.61 Å². The Bertz CT molecular complexity index is 462. The number of para-hydroxylation sites is 1. The summed E-state index contributed by atoms with van der Waals surface area (Å²) in [6.07, 6.45) is 2.91. The second kappa shape index (κ2) is 4.84. The zero-order chi connectivity index (χ0) is 11.4. The summed E-state index contributed by atoms with van der Waals surface area (Å²) in [5, 5.41) is 4.27. The highest BCUT2D eigenvalue weighted by Gasteiger charge is 2.02. The number of aryl methyl sites for hydroxylation is 2. The third-order valence-electron chi connectivity index (χ3n) is 2.50. The predicted molar refractivity (Wildman–Crippen MR) is 63.4 cm³/mol. The van der Waals surface area contributed by atoms with Crippen LogP contribution in [0.2, 0.25) is 0 Å². The van der Waals surface area contributed by atoms with Gasteiger partial charge in [-0.2, -0.15) is 5.10 Å². The third-order valence-corrected chi connectivity index (χ3v) is 2.50. The SMILES string of the molecule is CCc1ccccc1OCc1ccn(C)n1. The van der Waals surface area contributed by atoms with Crippen LogP contribution < -0.4 is 4.74 Å². The van der Waals surface area contributed by atoms with E-state index in [1.54, 1.807) is 4.68 Å².